The number of esters is 2. The van der Waals surface area contributed by atoms with Gasteiger partial charge in [0.2, 0.25) is 0 Å². The number of ether oxygens (including phenoxy) is 2. The fourth-order valence-corrected chi connectivity index (χ4v) is 1.76. The highest BCUT2D eigenvalue weighted by Gasteiger charge is 2.73. The number of unbranched alkanes of at least 4 members (excludes halogenated alkanes) is 1. The van der Waals surface area contributed by atoms with Gasteiger partial charge in [-0.2, -0.15) is 30.7 Å². The van der Waals surface area contributed by atoms with E-state index in [1.807, 2.05) is 6.92 Å². The van der Waals surface area contributed by atoms with E-state index >= 15 is 0 Å². The van der Waals surface area contributed by atoms with Crippen LogP contribution in [0.25, 0.3) is 0 Å². The summed E-state index contributed by atoms with van der Waals surface area (Å²) in [6.07, 6.45) is -5.33. The number of alkyl halides is 7. The second-order valence-corrected chi connectivity index (χ2v) is 5.39. The summed E-state index contributed by atoms with van der Waals surface area (Å²) in [7, 11) is 0. The third-order valence-corrected chi connectivity index (χ3v) is 3.30. The van der Waals surface area contributed by atoms with E-state index < -0.39 is 47.7 Å². The van der Waals surface area contributed by atoms with Crippen LogP contribution in [-0.2, 0) is 9.47 Å². The van der Waals surface area contributed by atoms with Gasteiger partial charge >= 0.3 is 30.0 Å². The second kappa shape index (κ2) is 8.57. The van der Waals surface area contributed by atoms with Gasteiger partial charge in [-0.25, -0.2) is 9.59 Å². The van der Waals surface area contributed by atoms with Crippen molar-refractivity contribution in [2.75, 3.05) is 13.2 Å². The molecule has 0 bridgehead atoms. The van der Waals surface area contributed by atoms with Gasteiger partial charge in [0, 0.05) is 0 Å². The molecule has 0 atom stereocenters. The maximum atomic E-state index is 13.2. The van der Waals surface area contributed by atoms with Crippen LogP contribution in [0.3, 0.4) is 0 Å². The topological polar surface area (TPSA) is 52.6 Å². The summed E-state index contributed by atoms with van der Waals surface area (Å²) < 4.78 is 96.9. The van der Waals surface area contributed by atoms with Crippen LogP contribution in [0.1, 0.15) is 40.5 Å². The van der Waals surface area contributed by atoms with Gasteiger partial charge in [0.15, 0.2) is 6.61 Å². The Bertz CT molecular complexity index is 671. The van der Waals surface area contributed by atoms with E-state index in [1.54, 1.807) is 0 Å². The third kappa shape index (κ3) is 5.33. The fraction of sp³-hybridized carbons (Fsp3) is 0.500. The van der Waals surface area contributed by atoms with Crippen LogP contribution in [0.2, 0.25) is 0 Å². The maximum absolute atomic E-state index is 13.2. The van der Waals surface area contributed by atoms with Crippen LogP contribution >= 0.6 is 0 Å². The first-order valence-electron chi connectivity index (χ1n) is 7.60. The van der Waals surface area contributed by atoms with Gasteiger partial charge in [-0.15, -0.1) is 0 Å². The largest absolute Gasteiger partial charge is 0.462 e. The number of hydrogen-bond acceptors (Lipinski definition) is 4. The number of benzene rings is 1. The molecule has 152 valence electrons. The zero-order chi connectivity index (χ0) is 20.9. The summed E-state index contributed by atoms with van der Waals surface area (Å²) in [6, 6.07) is 4.56. The van der Waals surface area contributed by atoms with Gasteiger partial charge in [-0.1, -0.05) is 25.5 Å². The Labute approximate surface area is 149 Å². The minimum Gasteiger partial charge on any atom is -0.462 e. The van der Waals surface area contributed by atoms with Crippen LogP contribution < -0.4 is 0 Å². The highest BCUT2D eigenvalue weighted by molar-refractivity contribution is 6.03. The molecule has 0 unspecified atom stereocenters. The van der Waals surface area contributed by atoms with Crippen molar-refractivity contribution in [2.24, 2.45) is 0 Å². The third-order valence-electron chi connectivity index (χ3n) is 3.30. The van der Waals surface area contributed by atoms with Crippen molar-refractivity contribution >= 4 is 11.9 Å². The second-order valence-electron chi connectivity index (χ2n) is 5.39. The minimum atomic E-state index is -6.54. The summed E-state index contributed by atoms with van der Waals surface area (Å²) in [6.45, 7) is -0.706. The SMILES string of the molecule is CCCCOC(=O)c1ccccc1C(=O)OCC(F)(F)C(F)(F)C(F)(F)F. The summed E-state index contributed by atoms with van der Waals surface area (Å²) >= 11 is 0. The van der Waals surface area contributed by atoms with E-state index in [9.17, 15) is 40.3 Å². The molecule has 0 saturated heterocycles. The molecule has 0 heterocycles. The Morgan fingerprint density at radius 2 is 1.37 bits per heavy atom. The molecule has 1 rings (SSSR count). The Balaban J connectivity index is 2.91. The van der Waals surface area contributed by atoms with E-state index in [2.05, 4.69) is 4.74 Å². The highest BCUT2D eigenvalue weighted by atomic mass is 19.4. The molecule has 0 aromatic heterocycles. The molecule has 27 heavy (non-hydrogen) atoms. The Morgan fingerprint density at radius 3 is 1.81 bits per heavy atom. The van der Waals surface area contributed by atoms with E-state index in [0.717, 1.165) is 12.1 Å². The zero-order valence-electron chi connectivity index (χ0n) is 13.9. The first-order chi connectivity index (χ1) is 12.3. The average Bonchev–Trinajstić information content (AvgIpc) is 2.58. The molecule has 0 radical (unpaired) electrons. The lowest BCUT2D eigenvalue weighted by molar-refractivity contribution is -0.359. The predicted octanol–water partition coefficient (Wildman–Crippen LogP) is 4.63. The molecule has 0 aliphatic rings. The van der Waals surface area contributed by atoms with E-state index in [4.69, 9.17) is 4.74 Å². The van der Waals surface area contributed by atoms with Gasteiger partial charge in [-0.3, -0.25) is 0 Å². The van der Waals surface area contributed by atoms with Crippen molar-refractivity contribution in [3.63, 3.8) is 0 Å². The molecule has 4 nitrogen and oxygen atoms in total. The predicted molar refractivity (Wildman–Crippen MR) is 77.9 cm³/mol. The molecule has 0 amide bonds. The summed E-state index contributed by atoms with van der Waals surface area (Å²) in [4.78, 5) is 23.7. The molecule has 1 aromatic rings. The molecule has 1 aromatic carbocycles. The van der Waals surface area contributed by atoms with E-state index in [1.165, 1.54) is 12.1 Å². The summed E-state index contributed by atoms with van der Waals surface area (Å²) in [5, 5.41) is 0. The van der Waals surface area contributed by atoms with Crippen LogP contribution in [0.5, 0.6) is 0 Å². The molecule has 0 fully saturated rings. The van der Waals surface area contributed by atoms with Crippen LogP contribution in [0.4, 0.5) is 30.7 Å². The van der Waals surface area contributed by atoms with E-state index in [0.29, 0.717) is 12.8 Å². The van der Waals surface area contributed by atoms with Crippen LogP contribution in [-0.4, -0.2) is 43.2 Å². The van der Waals surface area contributed by atoms with Crippen molar-refractivity contribution in [3.05, 3.63) is 35.4 Å². The zero-order valence-corrected chi connectivity index (χ0v) is 13.9. The molecule has 0 aliphatic heterocycles. The molecule has 0 saturated carbocycles. The molecule has 0 spiro atoms. The molecule has 0 aliphatic carbocycles. The molecular formula is C16H15F7O4. The quantitative estimate of drug-likeness (QED) is 0.360. The fourth-order valence-electron chi connectivity index (χ4n) is 1.76. The Hall–Kier alpha value is -2.33. The van der Waals surface area contributed by atoms with E-state index in [-0.39, 0.29) is 6.61 Å². The average molecular weight is 404 g/mol. The Morgan fingerprint density at radius 1 is 0.889 bits per heavy atom. The van der Waals surface area contributed by atoms with Crippen LogP contribution in [0, 0.1) is 0 Å². The standard InChI is InChI=1S/C16H15F7O4/c1-2-3-8-26-12(24)10-6-4-5-7-11(10)13(25)27-9-14(17,18)15(19,20)16(21,22)23/h4-7H,2-3,8-9H2,1H3. The number of hydrogen-bond donors (Lipinski definition) is 0. The van der Waals surface area contributed by atoms with Gasteiger partial charge in [0.1, 0.15) is 0 Å². The monoisotopic (exact) mass is 404 g/mol. The van der Waals surface area contributed by atoms with Gasteiger partial charge in [-0.05, 0) is 18.6 Å². The minimum absolute atomic E-state index is 0.00852. The van der Waals surface area contributed by atoms with Crippen molar-refractivity contribution < 1.29 is 49.8 Å². The summed E-state index contributed by atoms with van der Waals surface area (Å²) in [5.74, 6) is -14.8. The molecule has 11 heteroatoms. The number of carbonyl (C=O) groups excluding carboxylic acids is 2. The van der Waals surface area contributed by atoms with Crippen molar-refractivity contribution in [3.8, 4) is 0 Å². The lowest BCUT2D eigenvalue weighted by Crippen LogP contribution is -2.54. The summed E-state index contributed by atoms with van der Waals surface area (Å²) in [5.41, 5.74) is -1.00. The van der Waals surface area contributed by atoms with Gasteiger partial charge in [0.05, 0.1) is 17.7 Å². The first kappa shape index (κ1) is 22.7. The lowest BCUT2D eigenvalue weighted by atomic mass is 10.1. The van der Waals surface area contributed by atoms with Gasteiger partial charge in [0.25, 0.3) is 0 Å². The molecular weight excluding hydrogens is 389 g/mol. The van der Waals surface area contributed by atoms with Crippen molar-refractivity contribution in [1.82, 2.24) is 0 Å². The van der Waals surface area contributed by atoms with Gasteiger partial charge < -0.3 is 9.47 Å². The number of rotatable bonds is 8. The molecule has 0 N–H and O–H groups in total. The van der Waals surface area contributed by atoms with Crippen LogP contribution in [0.15, 0.2) is 24.3 Å². The van der Waals surface area contributed by atoms with Crippen molar-refractivity contribution in [1.29, 1.82) is 0 Å². The smallest absolute Gasteiger partial charge is 0.460 e. The Kier molecular flexibility index (Phi) is 7.21. The highest BCUT2D eigenvalue weighted by Crippen LogP contribution is 2.46. The number of halogens is 7. The number of carbonyl (C=O) groups is 2. The lowest BCUT2D eigenvalue weighted by Gasteiger charge is -2.27. The first-order valence-corrected chi connectivity index (χ1v) is 7.60. The normalized spacial score (nSPS) is 12.6. The maximum Gasteiger partial charge on any atom is 0.460 e. The van der Waals surface area contributed by atoms with Crippen molar-refractivity contribution in [2.45, 2.75) is 37.8 Å².